The highest BCUT2D eigenvalue weighted by Gasteiger charge is 2.40. The van der Waals surface area contributed by atoms with Crippen molar-refractivity contribution in [3.8, 4) is 0 Å². The number of nitrogens with zero attached hydrogens (tertiary/aromatic N) is 5. The van der Waals surface area contributed by atoms with Crippen molar-refractivity contribution in [1.82, 2.24) is 24.5 Å². The molecule has 12 nitrogen and oxygen atoms in total. The molecule has 0 spiro atoms. The minimum Gasteiger partial charge on any atom is -0.443 e. The third-order valence-electron chi connectivity index (χ3n) is 6.81. The van der Waals surface area contributed by atoms with Crippen LogP contribution in [-0.4, -0.2) is 69.2 Å². The first kappa shape index (κ1) is 26.6. The highest BCUT2D eigenvalue weighted by atomic mass is 19.1. The molecule has 3 aromatic heterocycles. The van der Waals surface area contributed by atoms with Crippen molar-refractivity contribution in [2.75, 3.05) is 24.4 Å². The normalized spacial score (nSPS) is 22.2. The van der Waals surface area contributed by atoms with Gasteiger partial charge in [-0.15, -0.1) is 0 Å². The summed E-state index contributed by atoms with van der Waals surface area (Å²) in [4.78, 5) is 44.9. The van der Waals surface area contributed by atoms with E-state index in [2.05, 4.69) is 20.7 Å². The Labute approximate surface area is 224 Å². The average molecular weight is 542 g/mol. The van der Waals surface area contributed by atoms with Gasteiger partial charge in [0.1, 0.15) is 34.7 Å². The Morgan fingerprint density at radius 1 is 1.26 bits per heavy atom. The predicted octanol–water partition coefficient (Wildman–Crippen LogP) is 3.20. The van der Waals surface area contributed by atoms with Crippen LogP contribution in [0.5, 0.6) is 0 Å². The van der Waals surface area contributed by atoms with Gasteiger partial charge in [0.2, 0.25) is 0 Å². The number of aromatic nitrogens is 4. The zero-order chi connectivity index (χ0) is 28.1. The predicted molar refractivity (Wildman–Crippen MR) is 141 cm³/mol. The number of carbonyl (C=O) groups is 2. The lowest BCUT2D eigenvalue weighted by Crippen LogP contribution is -2.51. The van der Waals surface area contributed by atoms with Gasteiger partial charge < -0.3 is 24.7 Å². The summed E-state index contributed by atoms with van der Waals surface area (Å²) < 4.78 is 27.3. The van der Waals surface area contributed by atoms with E-state index >= 15 is 0 Å². The molecule has 39 heavy (non-hydrogen) atoms. The Balaban J connectivity index is 1.54. The Hall–Kier alpha value is -4.00. The van der Waals surface area contributed by atoms with Crippen molar-refractivity contribution in [3.63, 3.8) is 0 Å². The van der Waals surface area contributed by atoms with Gasteiger partial charge in [-0.25, -0.2) is 14.2 Å². The molecule has 0 aromatic carbocycles. The molecule has 2 fully saturated rings. The summed E-state index contributed by atoms with van der Waals surface area (Å²) in [5.74, 6) is 0.0388. The first-order valence-corrected chi connectivity index (χ1v) is 12.8. The number of fused-ring (bicyclic) bond motifs is 1. The summed E-state index contributed by atoms with van der Waals surface area (Å²) in [5.41, 5.74) is -0.641. The number of alkyl halides is 1. The summed E-state index contributed by atoms with van der Waals surface area (Å²) >= 11 is 0. The maximum atomic E-state index is 13.7. The second kappa shape index (κ2) is 9.95. The van der Waals surface area contributed by atoms with E-state index in [4.69, 9.17) is 9.47 Å². The van der Waals surface area contributed by atoms with Crippen molar-refractivity contribution >= 4 is 35.0 Å². The first-order chi connectivity index (χ1) is 18.5. The number of methoxy groups -OCH3 is 1. The van der Waals surface area contributed by atoms with E-state index in [0.717, 1.165) is 12.8 Å². The molecule has 2 N–H and O–H groups in total. The van der Waals surface area contributed by atoms with E-state index in [0.29, 0.717) is 0 Å². The van der Waals surface area contributed by atoms with Crippen molar-refractivity contribution in [2.24, 2.45) is 0 Å². The molecule has 0 unspecified atom stereocenters. The zero-order valence-electron chi connectivity index (χ0n) is 22.5. The topological polar surface area (TPSA) is 132 Å². The molecule has 0 aliphatic heterocycles. The molecule has 0 bridgehead atoms. The lowest BCUT2D eigenvalue weighted by molar-refractivity contribution is 0.00732. The van der Waals surface area contributed by atoms with Gasteiger partial charge >= 0.3 is 6.09 Å². The molecule has 208 valence electrons. The number of halogens is 1. The molecule has 0 radical (unpaired) electrons. The number of hydrogen-bond donors (Lipinski definition) is 2. The number of carbonyl (C=O) groups excluding carboxylic acids is 2. The highest BCUT2D eigenvalue weighted by Crippen LogP contribution is 2.38. The number of rotatable bonds is 7. The lowest BCUT2D eigenvalue weighted by atomic mass is 9.89. The summed E-state index contributed by atoms with van der Waals surface area (Å²) in [5, 5.41) is 10.3. The van der Waals surface area contributed by atoms with Crippen LogP contribution in [0.15, 0.2) is 35.4 Å². The van der Waals surface area contributed by atoms with Crippen LogP contribution in [0.25, 0.3) is 5.65 Å². The number of hydrogen-bond acceptors (Lipinski definition) is 8. The lowest BCUT2D eigenvalue weighted by Gasteiger charge is -2.35. The second-order valence-electron chi connectivity index (χ2n) is 10.8. The van der Waals surface area contributed by atoms with Crippen LogP contribution in [0.3, 0.4) is 0 Å². The Morgan fingerprint density at radius 3 is 2.62 bits per heavy atom. The fourth-order valence-corrected chi connectivity index (χ4v) is 4.44. The Bertz CT molecular complexity index is 1480. The summed E-state index contributed by atoms with van der Waals surface area (Å²) in [6, 6.07) is 4.10. The van der Waals surface area contributed by atoms with Crippen LogP contribution >= 0.6 is 0 Å². The van der Waals surface area contributed by atoms with Gasteiger partial charge in [-0.1, -0.05) is 0 Å². The molecule has 3 heterocycles. The molecule has 13 heteroatoms. The molecule has 0 saturated heterocycles. The standard InChI is InChI=1S/C26H32FN7O5/c1-26(2,3)39-25(37)32(4)21-12-20(29-17-7-6-10-33(24(17)36)18-11-15(18)27)31-22-14(13-28-34(21)22)23(35)30-16-8-9-19(16)38-5/h6-7,10,12-13,15-16,18-19H,8-9,11H2,1-5H3,(H,29,31)(H,30,35)/t15-,16-,18-,19-/m0/s1. The maximum Gasteiger partial charge on any atom is 0.415 e. The van der Waals surface area contributed by atoms with Crippen LogP contribution in [0.2, 0.25) is 0 Å². The van der Waals surface area contributed by atoms with Gasteiger partial charge in [0.25, 0.3) is 11.5 Å². The number of ether oxygens (including phenoxy) is 2. The molecule has 3 aromatic rings. The van der Waals surface area contributed by atoms with E-state index in [1.807, 2.05) is 0 Å². The molecule has 2 aliphatic rings. The molecule has 2 aliphatic carbocycles. The van der Waals surface area contributed by atoms with Gasteiger partial charge in [-0.05, 0) is 45.7 Å². The quantitative estimate of drug-likeness (QED) is 0.466. The minimum atomic E-state index is -1.05. The molecular weight excluding hydrogens is 509 g/mol. The zero-order valence-corrected chi connectivity index (χ0v) is 22.5. The average Bonchev–Trinajstić information content (AvgIpc) is 3.42. The van der Waals surface area contributed by atoms with E-state index in [1.165, 1.54) is 33.3 Å². The van der Waals surface area contributed by atoms with Crippen molar-refractivity contribution in [1.29, 1.82) is 0 Å². The van der Waals surface area contributed by atoms with Gasteiger partial charge in [-0.2, -0.15) is 9.61 Å². The van der Waals surface area contributed by atoms with Crippen LogP contribution < -0.4 is 21.1 Å². The van der Waals surface area contributed by atoms with Crippen LogP contribution in [-0.2, 0) is 9.47 Å². The summed E-state index contributed by atoms with van der Waals surface area (Å²) in [6.45, 7) is 5.25. The minimum absolute atomic E-state index is 0.0644. The largest absolute Gasteiger partial charge is 0.443 e. The van der Waals surface area contributed by atoms with Crippen molar-refractivity contribution in [2.45, 2.75) is 70.0 Å². The van der Waals surface area contributed by atoms with E-state index < -0.39 is 35.4 Å². The second-order valence-corrected chi connectivity index (χ2v) is 10.8. The van der Waals surface area contributed by atoms with E-state index in [-0.39, 0.29) is 47.1 Å². The molecule has 4 atom stereocenters. The Kier molecular flexibility index (Phi) is 6.79. The number of anilines is 3. The molecule has 5 rings (SSSR count). The maximum absolute atomic E-state index is 13.7. The fraction of sp³-hybridized carbons (Fsp3) is 0.500. The monoisotopic (exact) mass is 541 g/mol. The van der Waals surface area contributed by atoms with Crippen LogP contribution in [0.1, 0.15) is 56.4 Å². The number of pyridine rings is 1. The van der Waals surface area contributed by atoms with E-state index in [9.17, 15) is 18.8 Å². The third-order valence-corrected chi connectivity index (χ3v) is 6.81. The molecule has 2 saturated carbocycles. The van der Waals surface area contributed by atoms with Crippen LogP contribution in [0.4, 0.5) is 26.5 Å². The van der Waals surface area contributed by atoms with Crippen molar-refractivity contribution < 1.29 is 23.5 Å². The van der Waals surface area contributed by atoms with Crippen LogP contribution in [0, 0.1) is 0 Å². The van der Waals surface area contributed by atoms with Crippen molar-refractivity contribution in [3.05, 3.63) is 46.5 Å². The van der Waals surface area contributed by atoms with Gasteiger partial charge in [-0.3, -0.25) is 14.5 Å². The van der Waals surface area contributed by atoms with Gasteiger partial charge in [0, 0.05) is 32.8 Å². The Morgan fingerprint density at radius 2 is 2.00 bits per heavy atom. The van der Waals surface area contributed by atoms with Gasteiger partial charge in [0.05, 0.1) is 24.4 Å². The van der Waals surface area contributed by atoms with E-state index in [1.54, 1.807) is 46.2 Å². The fourth-order valence-electron chi connectivity index (χ4n) is 4.44. The molecular formula is C26H32FN7O5. The smallest absolute Gasteiger partial charge is 0.415 e. The van der Waals surface area contributed by atoms with Gasteiger partial charge in [0.15, 0.2) is 5.65 Å². The molecule has 2 amide bonds. The summed E-state index contributed by atoms with van der Waals surface area (Å²) in [7, 11) is 3.11. The number of nitrogens with one attached hydrogen (secondary N) is 2. The highest BCUT2D eigenvalue weighted by molar-refractivity contribution is 6.00. The first-order valence-electron chi connectivity index (χ1n) is 12.8. The summed E-state index contributed by atoms with van der Waals surface area (Å²) in [6.07, 6.45) is 3.08. The SMILES string of the molecule is CO[C@H]1CC[C@@H]1NC(=O)c1cnn2c(N(C)C(=O)OC(C)(C)C)cc(Nc3cccn([C@H]4C[C@@H]4F)c3=O)nc12. The third kappa shape index (κ3) is 5.31. The number of amides is 2.